The van der Waals surface area contributed by atoms with Crippen LogP contribution in [0.2, 0.25) is 0 Å². The maximum Gasteiger partial charge on any atom is 0.413 e. The van der Waals surface area contributed by atoms with Gasteiger partial charge < -0.3 is 10.1 Å². The van der Waals surface area contributed by atoms with Gasteiger partial charge in [0.15, 0.2) is 23.2 Å². The molecule has 0 bridgehead atoms. The third-order valence-electron chi connectivity index (χ3n) is 4.80. The number of nitrogens with one attached hydrogen (secondary N) is 2. The van der Waals surface area contributed by atoms with Crippen LogP contribution >= 0.6 is 0 Å². The molecule has 0 saturated carbocycles. The molecule has 0 aliphatic heterocycles. The van der Waals surface area contributed by atoms with Gasteiger partial charge in [0.25, 0.3) is 12.3 Å². The smallest absolute Gasteiger partial charge is 0.413 e. The zero-order valence-corrected chi connectivity index (χ0v) is 20.3. The molecule has 2 N–H and O–H groups in total. The van der Waals surface area contributed by atoms with Crippen molar-refractivity contribution in [1.82, 2.24) is 29.9 Å². The number of aryl methyl sites for hydroxylation is 1. The van der Waals surface area contributed by atoms with Crippen molar-refractivity contribution in [3.8, 4) is 11.4 Å². The standard InChI is InChI=1S/C22H21F3N10O3/c1-11(8-30-19(26-3)17(23)24)21(36)31-15-10-28-14(9-29-15)16-20(35(4)34-33-16)32-22(37)38-12(2)13-6-5-7-27-18(13)25/h5-10,12,17H,3H2,1-2,4H3,(H,32,37)(H,29,31,36)/b11-8+,30-19-/t12-/m1/s1. The minimum absolute atomic E-state index is 0.00278. The first-order valence-electron chi connectivity index (χ1n) is 10.7. The van der Waals surface area contributed by atoms with Gasteiger partial charge in [-0.05, 0) is 32.7 Å². The summed E-state index contributed by atoms with van der Waals surface area (Å²) in [5.41, 5.74) is 0.417. The van der Waals surface area contributed by atoms with E-state index in [0.29, 0.717) is 0 Å². The minimum Gasteiger partial charge on any atom is -0.441 e. The Morgan fingerprint density at radius 1 is 1.21 bits per heavy atom. The van der Waals surface area contributed by atoms with E-state index in [9.17, 15) is 22.8 Å². The summed E-state index contributed by atoms with van der Waals surface area (Å²) in [6, 6.07) is 2.95. The molecule has 3 aromatic heterocycles. The Balaban J connectivity index is 1.69. The fraction of sp³-hybridized carbons (Fsp3) is 0.227. The summed E-state index contributed by atoms with van der Waals surface area (Å²) in [6.07, 6.45) is -0.108. The Hall–Kier alpha value is -5.02. The van der Waals surface area contributed by atoms with E-state index in [1.807, 2.05) is 0 Å². The van der Waals surface area contributed by atoms with Crippen molar-refractivity contribution in [3.05, 3.63) is 54.0 Å². The molecular formula is C22H21F3N10O3. The number of hydrogen-bond acceptors (Lipinski definition) is 9. The number of halogens is 3. The van der Waals surface area contributed by atoms with Gasteiger partial charge in [-0.3, -0.25) is 10.1 Å². The van der Waals surface area contributed by atoms with Crippen LogP contribution in [0.3, 0.4) is 0 Å². The quantitative estimate of drug-likeness (QED) is 0.194. The van der Waals surface area contributed by atoms with Gasteiger partial charge in [0, 0.05) is 30.6 Å². The van der Waals surface area contributed by atoms with Crippen LogP contribution in [0.15, 0.2) is 52.5 Å². The Kier molecular flexibility index (Phi) is 8.91. The second-order valence-corrected chi connectivity index (χ2v) is 7.47. The summed E-state index contributed by atoms with van der Waals surface area (Å²) < 4.78 is 45.6. The Bertz CT molecular complexity index is 1390. The molecule has 0 aliphatic carbocycles. The summed E-state index contributed by atoms with van der Waals surface area (Å²) in [7, 11) is 1.51. The Morgan fingerprint density at radius 3 is 2.61 bits per heavy atom. The first-order chi connectivity index (χ1) is 18.1. The Labute approximate surface area is 213 Å². The lowest BCUT2D eigenvalue weighted by atomic mass is 10.2. The average molecular weight is 530 g/mol. The molecule has 2 amide bonds. The maximum atomic E-state index is 13.9. The number of ether oxygens (including phenoxy) is 1. The van der Waals surface area contributed by atoms with Crippen LogP contribution in [-0.2, 0) is 16.6 Å². The van der Waals surface area contributed by atoms with Crippen LogP contribution in [0, 0.1) is 5.95 Å². The summed E-state index contributed by atoms with van der Waals surface area (Å²) >= 11 is 0. The molecule has 0 aliphatic rings. The second-order valence-electron chi connectivity index (χ2n) is 7.47. The lowest BCUT2D eigenvalue weighted by Crippen LogP contribution is -2.19. The minimum atomic E-state index is -2.94. The van der Waals surface area contributed by atoms with Crippen molar-refractivity contribution in [1.29, 1.82) is 0 Å². The lowest BCUT2D eigenvalue weighted by molar-refractivity contribution is -0.112. The molecule has 198 valence electrons. The van der Waals surface area contributed by atoms with Gasteiger partial charge in [0.1, 0.15) is 11.8 Å². The fourth-order valence-electron chi connectivity index (χ4n) is 2.84. The highest BCUT2D eigenvalue weighted by Crippen LogP contribution is 2.25. The predicted molar refractivity (Wildman–Crippen MR) is 130 cm³/mol. The number of pyridine rings is 1. The number of anilines is 2. The van der Waals surface area contributed by atoms with Crippen molar-refractivity contribution in [2.75, 3.05) is 10.6 Å². The first-order valence-corrected chi connectivity index (χ1v) is 10.7. The number of carbonyl (C=O) groups excluding carboxylic acids is 2. The van der Waals surface area contributed by atoms with Gasteiger partial charge in [-0.15, -0.1) is 5.10 Å². The average Bonchev–Trinajstić information content (AvgIpc) is 3.24. The van der Waals surface area contributed by atoms with E-state index in [-0.39, 0.29) is 34.2 Å². The maximum absolute atomic E-state index is 13.9. The van der Waals surface area contributed by atoms with Crippen LogP contribution in [-0.4, -0.2) is 60.9 Å². The van der Waals surface area contributed by atoms with E-state index in [1.165, 1.54) is 56.3 Å². The number of nitrogens with zero attached hydrogens (tertiary/aromatic N) is 8. The highest BCUT2D eigenvalue weighted by molar-refractivity contribution is 6.03. The van der Waals surface area contributed by atoms with Crippen LogP contribution in [0.1, 0.15) is 25.5 Å². The van der Waals surface area contributed by atoms with E-state index in [4.69, 9.17) is 4.74 Å². The Morgan fingerprint density at radius 2 is 1.97 bits per heavy atom. The third kappa shape index (κ3) is 6.80. The fourth-order valence-corrected chi connectivity index (χ4v) is 2.84. The summed E-state index contributed by atoms with van der Waals surface area (Å²) in [6.45, 7) is 5.83. The molecule has 0 unspecified atom stereocenters. The van der Waals surface area contributed by atoms with Crippen molar-refractivity contribution in [2.45, 2.75) is 26.4 Å². The third-order valence-corrected chi connectivity index (χ3v) is 4.80. The van der Waals surface area contributed by atoms with Crippen LogP contribution in [0.4, 0.5) is 29.6 Å². The summed E-state index contributed by atoms with van der Waals surface area (Å²) in [4.78, 5) is 43.0. The molecule has 0 aromatic carbocycles. The predicted octanol–water partition coefficient (Wildman–Crippen LogP) is 3.32. The normalized spacial score (nSPS) is 12.7. The topological polar surface area (TPSA) is 162 Å². The molecular weight excluding hydrogens is 509 g/mol. The number of rotatable bonds is 8. The molecule has 0 saturated heterocycles. The molecule has 3 heterocycles. The molecule has 0 fully saturated rings. The summed E-state index contributed by atoms with van der Waals surface area (Å²) in [5.74, 6) is -2.10. The van der Waals surface area contributed by atoms with Crippen molar-refractivity contribution in [3.63, 3.8) is 0 Å². The molecule has 13 nitrogen and oxygen atoms in total. The molecule has 3 rings (SSSR count). The van der Waals surface area contributed by atoms with Gasteiger partial charge in [-0.25, -0.2) is 43.2 Å². The SMILES string of the molecule is C=N/C(=N\C=C(/C)C(=O)Nc1cnc(-c2nnn(C)c2NC(=O)O[C@H](C)c2cccnc2F)cn1)C(F)F. The molecule has 16 heteroatoms. The van der Waals surface area contributed by atoms with E-state index < -0.39 is 36.3 Å². The number of aromatic nitrogens is 6. The molecule has 0 radical (unpaired) electrons. The van der Waals surface area contributed by atoms with Gasteiger partial charge in [0.2, 0.25) is 5.95 Å². The van der Waals surface area contributed by atoms with Crippen molar-refractivity contribution in [2.24, 2.45) is 17.0 Å². The number of amidine groups is 1. The second kappa shape index (κ2) is 12.3. The van der Waals surface area contributed by atoms with Crippen molar-refractivity contribution < 1.29 is 27.5 Å². The highest BCUT2D eigenvalue weighted by atomic mass is 19.3. The molecule has 1 atom stereocenters. The van der Waals surface area contributed by atoms with E-state index in [0.717, 1.165) is 6.20 Å². The van der Waals surface area contributed by atoms with E-state index >= 15 is 0 Å². The molecule has 3 aromatic rings. The monoisotopic (exact) mass is 530 g/mol. The lowest BCUT2D eigenvalue weighted by Gasteiger charge is -2.14. The molecule has 0 spiro atoms. The molecule has 38 heavy (non-hydrogen) atoms. The number of carbonyl (C=O) groups is 2. The number of alkyl halides is 2. The van der Waals surface area contributed by atoms with E-state index in [2.05, 4.69) is 52.6 Å². The zero-order valence-electron chi connectivity index (χ0n) is 20.3. The van der Waals surface area contributed by atoms with E-state index in [1.54, 1.807) is 0 Å². The van der Waals surface area contributed by atoms with Crippen molar-refractivity contribution >= 4 is 36.2 Å². The zero-order chi connectivity index (χ0) is 27.8. The largest absolute Gasteiger partial charge is 0.441 e. The number of amides is 2. The number of hydrogen-bond donors (Lipinski definition) is 2. The number of aliphatic imine (C=N–C) groups is 2. The van der Waals surface area contributed by atoms with Crippen LogP contribution in [0.25, 0.3) is 11.4 Å². The van der Waals surface area contributed by atoms with Crippen LogP contribution < -0.4 is 10.6 Å². The highest BCUT2D eigenvalue weighted by Gasteiger charge is 2.21. The van der Waals surface area contributed by atoms with Gasteiger partial charge in [-0.1, -0.05) is 5.21 Å². The van der Waals surface area contributed by atoms with Crippen LogP contribution in [0.5, 0.6) is 0 Å². The first kappa shape index (κ1) is 27.6. The van der Waals surface area contributed by atoms with Gasteiger partial charge >= 0.3 is 6.09 Å². The summed E-state index contributed by atoms with van der Waals surface area (Å²) in [5, 5.41) is 12.7. The van der Waals surface area contributed by atoms with Gasteiger partial charge in [-0.2, -0.15) is 4.39 Å². The van der Waals surface area contributed by atoms with Gasteiger partial charge in [0.05, 0.1) is 12.4 Å².